The number of aliphatic hydroxyl groups excluding tert-OH is 1. The number of aliphatic hydroxyl groups is 2. The van der Waals surface area contributed by atoms with Gasteiger partial charge in [0, 0.05) is 22.6 Å². The third-order valence-electron chi connectivity index (χ3n) is 9.16. The molecule has 0 spiro atoms. The number of amides is 1. The second-order valence-electron chi connectivity index (χ2n) is 13.0. The molecule has 3 aliphatic rings. The number of rotatable bonds is 5. The van der Waals surface area contributed by atoms with E-state index in [9.17, 15) is 24.6 Å². The van der Waals surface area contributed by atoms with E-state index in [1.807, 2.05) is 0 Å². The number of aromatic nitrogens is 2. The van der Waals surface area contributed by atoms with Gasteiger partial charge in [-0.2, -0.15) is 0 Å². The molecule has 42 heavy (non-hydrogen) atoms. The first-order valence-electron chi connectivity index (χ1n) is 14.5. The number of nitrogens with one attached hydrogen (secondary N) is 1. The molecule has 1 unspecified atom stereocenters. The van der Waals surface area contributed by atoms with E-state index in [0.29, 0.717) is 48.2 Å². The van der Waals surface area contributed by atoms with E-state index in [-0.39, 0.29) is 41.9 Å². The maximum atomic E-state index is 15.1. The Morgan fingerprint density at radius 1 is 1.26 bits per heavy atom. The van der Waals surface area contributed by atoms with E-state index in [4.69, 9.17) is 9.72 Å². The number of aryl methyl sites for hydroxylation is 1. The number of carbonyl (C=O) groups excluding carboxylic acids is 2. The number of fused-ring (bicyclic) bond motifs is 5. The summed E-state index contributed by atoms with van der Waals surface area (Å²) in [5.74, 6) is -1.67. The predicted molar refractivity (Wildman–Crippen MR) is 153 cm³/mol. The van der Waals surface area contributed by atoms with Crippen molar-refractivity contribution in [2.24, 2.45) is 5.41 Å². The molecule has 222 valence electrons. The molecular formula is C32H36FN3O6. The number of benzene rings is 1. The lowest BCUT2D eigenvalue weighted by molar-refractivity contribution is -0.172. The fraction of sp³-hybridized carbons (Fsp3) is 0.500. The van der Waals surface area contributed by atoms with E-state index in [2.05, 4.69) is 26.1 Å². The van der Waals surface area contributed by atoms with Crippen LogP contribution >= 0.6 is 0 Å². The van der Waals surface area contributed by atoms with Crippen LogP contribution in [0.5, 0.6) is 0 Å². The molecule has 0 saturated carbocycles. The Kier molecular flexibility index (Phi) is 6.58. The molecule has 1 amide bonds. The summed E-state index contributed by atoms with van der Waals surface area (Å²) >= 11 is 0. The monoisotopic (exact) mass is 577 g/mol. The van der Waals surface area contributed by atoms with Crippen LogP contribution in [0, 0.1) is 18.2 Å². The number of carbonyl (C=O) groups is 2. The number of pyridine rings is 2. The zero-order chi connectivity index (χ0) is 30.3. The summed E-state index contributed by atoms with van der Waals surface area (Å²) in [5, 5.41) is 25.7. The van der Waals surface area contributed by atoms with Gasteiger partial charge in [-0.1, -0.05) is 27.7 Å². The molecule has 3 aromatic rings. The van der Waals surface area contributed by atoms with Crippen molar-refractivity contribution in [3.63, 3.8) is 0 Å². The topological polar surface area (TPSA) is 131 Å². The Hall–Kier alpha value is -3.63. The summed E-state index contributed by atoms with van der Waals surface area (Å²) in [6, 6.07) is 2.51. The van der Waals surface area contributed by atoms with Crippen molar-refractivity contribution < 1.29 is 28.9 Å². The minimum Gasteiger partial charge on any atom is -0.458 e. The lowest BCUT2D eigenvalue weighted by atomic mass is 9.81. The molecule has 1 aromatic carbocycles. The van der Waals surface area contributed by atoms with Gasteiger partial charge in [0.05, 0.1) is 35.1 Å². The van der Waals surface area contributed by atoms with Gasteiger partial charge < -0.3 is 24.8 Å². The minimum atomic E-state index is -1.97. The maximum absolute atomic E-state index is 15.1. The van der Waals surface area contributed by atoms with Crippen molar-refractivity contribution in [1.29, 1.82) is 0 Å². The zero-order valence-corrected chi connectivity index (χ0v) is 24.6. The average Bonchev–Trinajstić information content (AvgIpc) is 3.31. The Morgan fingerprint density at radius 2 is 2.00 bits per heavy atom. The van der Waals surface area contributed by atoms with Gasteiger partial charge in [0.25, 0.3) is 5.56 Å². The molecule has 0 bridgehead atoms. The van der Waals surface area contributed by atoms with Crippen molar-refractivity contribution in [2.75, 3.05) is 0 Å². The SMILES string of the molecule is CC[C@@]1(O)C(=O)OCc2c1cc1n(c2=O)Cc2c-1nc1cc(F)c(C)c3c1c2[C@@H](NC(=O)C(O)CCC(C)(C)C)CC3. The molecule has 3 N–H and O–H groups in total. The largest absolute Gasteiger partial charge is 0.458 e. The van der Waals surface area contributed by atoms with Crippen molar-refractivity contribution in [3.8, 4) is 11.4 Å². The first-order chi connectivity index (χ1) is 19.7. The highest BCUT2D eigenvalue weighted by Crippen LogP contribution is 2.46. The molecule has 0 radical (unpaired) electrons. The highest BCUT2D eigenvalue weighted by molar-refractivity contribution is 5.94. The summed E-state index contributed by atoms with van der Waals surface area (Å²) < 4.78 is 21.8. The van der Waals surface area contributed by atoms with Gasteiger partial charge in [-0.3, -0.25) is 9.59 Å². The molecule has 2 aromatic heterocycles. The number of halogens is 1. The molecule has 10 heteroatoms. The third kappa shape index (κ3) is 4.26. The molecule has 1 aliphatic carbocycles. The standard InChI is InChI=1S/C32H36FN3O6/c1-6-32(41)19-11-23-27-17(13-36(23)29(39)18(19)14-42-30(32)40)26-21(35-28(38)24(37)9-10-31(3,4)5)8-7-16-15(2)20(33)12-22(34-27)25(16)26/h11-12,21,24,37,41H,6-10,13-14H2,1-5H3,(H,35,38)/t21-,24?,32-/m0/s1. The van der Waals surface area contributed by atoms with Crippen molar-refractivity contribution in [2.45, 2.75) is 97.6 Å². The van der Waals surface area contributed by atoms with Crippen LogP contribution in [0.3, 0.4) is 0 Å². The van der Waals surface area contributed by atoms with E-state index in [1.165, 1.54) is 10.6 Å². The van der Waals surface area contributed by atoms with Crippen LogP contribution in [0.2, 0.25) is 0 Å². The summed E-state index contributed by atoms with van der Waals surface area (Å²) in [6.45, 7) is 9.43. The van der Waals surface area contributed by atoms with Gasteiger partial charge in [-0.25, -0.2) is 14.2 Å². The molecule has 9 nitrogen and oxygen atoms in total. The second kappa shape index (κ2) is 9.70. The highest BCUT2D eigenvalue weighted by atomic mass is 19.1. The fourth-order valence-corrected chi connectivity index (χ4v) is 6.67. The van der Waals surface area contributed by atoms with Gasteiger partial charge in [-0.15, -0.1) is 0 Å². The molecule has 2 aliphatic heterocycles. The highest BCUT2D eigenvalue weighted by Gasteiger charge is 2.46. The normalized spacial score (nSPS) is 21.4. The number of nitrogens with zero attached hydrogens (tertiary/aromatic N) is 2. The molecule has 0 saturated heterocycles. The second-order valence-corrected chi connectivity index (χ2v) is 13.0. The van der Waals surface area contributed by atoms with Crippen LogP contribution in [-0.4, -0.2) is 37.7 Å². The molecule has 0 fully saturated rings. The average molecular weight is 578 g/mol. The van der Waals surface area contributed by atoms with Crippen LogP contribution in [-0.2, 0) is 39.5 Å². The molecule has 4 heterocycles. The Morgan fingerprint density at radius 3 is 2.69 bits per heavy atom. The van der Waals surface area contributed by atoms with Crippen LogP contribution in [0.25, 0.3) is 22.3 Å². The van der Waals surface area contributed by atoms with Gasteiger partial charge in [0.1, 0.15) is 18.5 Å². The minimum absolute atomic E-state index is 0.0183. The molecular weight excluding hydrogens is 541 g/mol. The first-order valence-corrected chi connectivity index (χ1v) is 14.5. The number of hydrogen-bond donors (Lipinski definition) is 3. The Balaban J connectivity index is 1.51. The van der Waals surface area contributed by atoms with E-state index in [0.717, 1.165) is 22.1 Å². The summed E-state index contributed by atoms with van der Waals surface area (Å²) in [7, 11) is 0. The van der Waals surface area contributed by atoms with Crippen LogP contribution < -0.4 is 10.9 Å². The van der Waals surface area contributed by atoms with Crippen molar-refractivity contribution in [3.05, 3.63) is 61.7 Å². The number of cyclic esters (lactones) is 1. The Labute approximate surface area is 242 Å². The lowest BCUT2D eigenvalue weighted by Crippen LogP contribution is -2.44. The Bertz CT molecular complexity index is 1740. The number of esters is 1. The van der Waals surface area contributed by atoms with E-state index >= 15 is 4.39 Å². The van der Waals surface area contributed by atoms with Crippen LogP contribution in [0.4, 0.5) is 4.39 Å². The van der Waals surface area contributed by atoms with Gasteiger partial charge in [0.15, 0.2) is 5.60 Å². The zero-order valence-electron chi connectivity index (χ0n) is 24.6. The lowest BCUT2D eigenvalue weighted by Gasteiger charge is -2.31. The van der Waals surface area contributed by atoms with Gasteiger partial charge in [0.2, 0.25) is 5.91 Å². The molecule has 3 atom stereocenters. The number of ether oxygens (including phenoxy) is 1. The van der Waals surface area contributed by atoms with Gasteiger partial charge in [-0.05, 0) is 67.2 Å². The molecule has 6 rings (SSSR count). The first kappa shape index (κ1) is 28.5. The fourth-order valence-electron chi connectivity index (χ4n) is 6.67. The maximum Gasteiger partial charge on any atom is 0.343 e. The summed E-state index contributed by atoms with van der Waals surface area (Å²) in [6.07, 6.45) is 0.829. The summed E-state index contributed by atoms with van der Waals surface area (Å²) in [5.41, 5.74) is 2.08. The van der Waals surface area contributed by atoms with Gasteiger partial charge >= 0.3 is 5.97 Å². The van der Waals surface area contributed by atoms with Crippen LogP contribution in [0.15, 0.2) is 16.9 Å². The number of hydrogen-bond acceptors (Lipinski definition) is 7. The van der Waals surface area contributed by atoms with Crippen molar-refractivity contribution in [1.82, 2.24) is 14.9 Å². The van der Waals surface area contributed by atoms with E-state index in [1.54, 1.807) is 19.9 Å². The van der Waals surface area contributed by atoms with E-state index < -0.39 is 35.2 Å². The third-order valence-corrected chi connectivity index (χ3v) is 9.16. The van der Waals surface area contributed by atoms with Crippen LogP contribution in [0.1, 0.15) is 92.8 Å². The summed E-state index contributed by atoms with van der Waals surface area (Å²) in [4.78, 5) is 44.3. The van der Waals surface area contributed by atoms with Crippen molar-refractivity contribution >= 4 is 22.8 Å². The smallest absolute Gasteiger partial charge is 0.343 e. The predicted octanol–water partition coefficient (Wildman–Crippen LogP) is 3.82. The quantitative estimate of drug-likeness (QED) is 0.308.